The van der Waals surface area contributed by atoms with Crippen LogP contribution in [0.25, 0.3) is 0 Å². The molecule has 0 aliphatic carbocycles. The third kappa shape index (κ3) is 2.49. The van der Waals surface area contributed by atoms with Crippen molar-refractivity contribution < 1.29 is 31.1 Å². The van der Waals surface area contributed by atoms with Crippen molar-refractivity contribution in [3.8, 4) is 0 Å². The molecule has 1 rings (SSSR count). The van der Waals surface area contributed by atoms with E-state index in [1.54, 1.807) is 0 Å². The maximum absolute atomic E-state index is 11.9. The Balaban J connectivity index is 2.83. The fraction of sp³-hybridized carbons (Fsp3) is 0.571. The fourth-order valence-corrected chi connectivity index (χ4v) is 1.49. The molecule has 4 nitrogen and oxygen atoms in total. The molecule has 0 aromatic carbocycles. The van der Waals surface area contributed by atoms with Crippen LogP contribution in [0.5, 0.6) is 0 Å². The third-order valence-corrected chi connectivity index (χ3v) is 2.39. The monoisotopic (exact) mass is 244 g/mol. The van der Waals surface area contributed by atoms with Crippen molar-refractivity contribution in [1.29, 1.82) is 0 Å². The highest BCUT2D eigenvalue weighted by Crippen LogP contribution is 2.29. The van der Waals surface area contributed by atoms with E-state index in [4.69, 9.17) is 0 Å². The zero-order valence-electron chi connectivity index (χ0n) is 7.75. The Bertz CT molecular complexity index is 347. The molecule has 0 aromatic rings. The molecule has 1 heterocycles. The maximum atomic E-state index is 11.9. The van der Waals surface area contributed by atoms with Crippen molar-refractivity contribution in [2.45, 2.75) is 25.5 Å². The molecule has 1 aliphatic heterocycles. The van der Waals surface area contributed by atoms with Gasteiger partial charge in [-0.1, -0.05) is 0 Å². The number of rotatable bonds is 2. The zero-order valence-corrected chi connectivity index (χ0v) is 8.57. The van der Waals surface area contributed by atoms with Gasteiger partial charge in [0.25, 0.3) is 0 Å². The summed E-state index contributed by atoms with van der Waals surface area (Å²) < 4.78 is 54.9. The Kier molecular flexibility index (Phi) is 3.08. The van der Waals surface area contributed by atoms with E-state index in [-0.39, 0.29) is 11.3 Å². The molecule has 0 fully saturated rings. The number of hydrogen-bond donors (Lipinski definition) is 0. The fourth-order valence-electron chi connectivity index (χ4n) is 0.967. The second-order valence-electron chi connectivity index (χ2n) is 2.80. The molecular formula is C7H7F3O4S. The van der Waals surface area contributed by atoms with Crippen LogP contribution < -0.4 is 0 Å². The summed E-state index contributed by atoms with van der Waals surface area (Å²) in [5, 5.41) is 0. The van der Waals surface area contributed by atoms with E-state index in [0.29, 0.717) is 0 Å². The highest BCUT2D eigenvalue weighted by Gasteiger charge is 2.43. The van der Waals surface area contributed by atoms with Crippen LogP contribution in [-0.4, -0.2) is 21.8 Å². The van der Waals surface area contributed by atoms with Gasteiger partial charge in [0.1, 0.15) is 0 Å². The van der Waals surface area contributed by atoms with Crippen molar-refractivity contribution >= 4 is 17.0 Å². The summed E-state index contributed by atoms with van der Waals surface area (Å²) >= 11 is -3.47. The minimum absolute atomic E-state index is 0.0971. The van der Waals surface area contributed by atoms with Crippen molar-refractivity contribution in [2.75, 3.05) is 0 Å². The largest absolute Gasteiger partial charge is 0.508 e. The van der Waals surface area contributed by atoms with Crippen LogP contribution in [0.15, 0.2) is 11.3 Å². The van der Waals surface area contributed by atoms with E-state index in [1.807, 2.05) is 0 Å². The molecule has 1 aliphatic rings. The molecule has 2 atom stereocenters. The van der Waals surface area contributed by atoms with Crippen molar-refractivity contribution in [1.82, 2.24) is 0 Å². The van der Waals surface area contributed by atoms with E-state index >= 15 is 0 Å². The smallest absolute Gasteiger partial charge is 0.451 e. The number of halogens is 3. The number of alkyl halides is 3. The Morgan fingerprint density at radius 1 is 1.47 bits per heavy atom. The number of carbonyl (C=O) groups excluding carboxylic acids is 1. The van der Waals surface area contributed by atoms with Crippen molar-refractivity contribution in [3.63, 3.8) is 0 Å². The zero-order chi connectivity index (χ0) is 11.8. The lowest BCUT2D eigenvalue weighted by Crippen LogP contribution is -2.20. The lowest BCUT2D eigenvalue weighted by Gasteiger charge is -2.10. The highest BCUT2D eigenvalue weighted by molar-refractivity contribution is 7.81. The van der Waals surface area contributed by atoms with E-state index in [9.17, 15) is 22.2 Å². The van der Waals surface area contributed by atoms with Crippen LogP contribution in [0.1, 0.15) is 13.8 Å². The Hall–Kier alpha value is -1.05. The average Bonchev–Trinajstić information content (AvgIpc) is 2.30. The molecule has 8 heteroatoms. The summed E-state index contributed by atoms with van der Waals surface area (Å²) in [5.41, 5.74) is -5.07. The molecule has 86 valence electrons. The molecular weight excluding hydrogens is 237 g/mol. The van der Waals surface area contributed by atoms with Gasteiger partial charge in [0.2, 0.25) is 0 Å². The van der Waals surface area contributed by atoms with Gasteiger partial charge in [-0.3, -0.25) is 0 Å². The van der Waals surface area contributed by atoms with Crippen LogP contribution in [0.2, 0.25) is 0 Å². The molecule has 0 radical (unpaired) electrons. The van der Waals surface area contributed by atoms with Gasteiger partial charge in [0, 0.05) is 0 Å². The average molecular weight is 244 g/mol. The van der Waals surface area contributed by atoms with E-state index in [1.165, 1.54) is 13.8 Å². The second kappa shape index (κ2) is 3.84. The first-order valence-corrected chi connectivity index (χ1v) is 4.89. The van der Waals surface area contributed by atoms with Crippen LogP contribution in [0.3, 0.4) is 0 Å². The van der Waals surface area contributed by atoms with Gasteiger partial charge < -0.3 is 8.92 Å². The molecule has 0 N–H and O–H groups in total. The molecule has 0 spiro atoms. The molecule has 0 aromatic heterocycles. The van der Waals surface area contributed by atoms with Gasteiger partial charge in [-0.25, -0.2) is 9.00 Å². The quantitative estimate of drug-likeness (QED) is 0.689. The third-order valence-electron chi connectivity index (χ3n) is 1.68. The topological polar surface area (TPSA) is 52.6 Å². The number of ether oxygens (including phenoxy) is 1. The summed E-state index contributed by atoms with van der Waals surface area (Å²) in [5.74, 6) is -1.10. The van der Waals surface area contributed by atoms with Gasteiger partial charge in [-0.15, -0.1) is 0 Å². The lowest BCUT2D eigenvalue weighted by atomic mass is 10.2. The van der Waals surface area contributed by atoms with Gasteiger partial charge in [-0.2, -0.15) is 13.2 Å². The SMILES string of the molecule is CC1=C(OS(=O)C(F)(F)F)C(C)OC1=O. The van der Waals surface area contributed by atoms with Crippen LogP contribution >= 0.6 is 0 Å². The first kappa shape index (κ1) is 12.0. The number of esters is 1. The summed E-state index contributed by atoms with van der Waals surface area (Å²) in [6.07, 6.45) is -0.941. The first-order valence-electron chi connectivity index (χ1n) is 3.82. The Morgan fingerprint density at radius 3 is 2.33 bits per heavy atom. The van der Waals surface area contributed by atoms with Gasteiger partial charge >= 0.3 is 22.6 Å². The van der Waals surface area contributed by atoms with Crippen LogP contribution in [0, 0.1) is 0 Å². The second-order valence-corrected chi connectivity index (χ2v) is 3.90. The van der Waals surface area contributed by atoms with E-state index in [2.05, 4.69) is 8.92 Å². The molecule has 0 saturated carbocycles. The van der Waals surface area contributed by atoms with E-state index in [0.717, 1.165) is 0 Å². The van der Waals surface area contributed by atoms with Crippen molar-refractivity contribution in [2.24, 2.45) is 0 Å². The molecule has 0 amide bonds. The minimum Gasteiger partial charge on any atom is -0.451 e. The molecule has 15 heavy (non-hydrogen) atoms. The summed E-state index contributed by atoms with van der Waals surface area (Å²) in [4.78, 5) is 10.9. The van der Waals surface area contributed by atoms with Gasteiger partial charge in [-0.05, 0) is 13.8 Å². The highest BCUT2D eigenvalue weighted by atomic mass is 32.2. The molecule has 2 unspecified atom stereocenters. The summed E-state index contributed by atoms with van der Waals surface area (Å²) in [6, 6.07) is 0. The Labute approximate surface area is 85.7 Å². The summed E-state index contributed by atoms with van der Waals surface area (Å²) in [6.45, 7) is 2.58. The summed E-state index contributed by atoms with van der Waals surface area (Å²) in [7, 11) is 0. The van der Waals surface area contributed by atoms with Gasteiger partial charge in [0.05, 0.1) is 5.57 Å². The van der Waals surface area contributed by atoms with Crippen LogP contribution in [-0.2, 0) is 24.8 Å². The Morgan fingerprint density at radius 2 is 2.00 bits per heavy atom. The number of hydrogen-bond acceptors (Lipinski definition) is 4. The molecule has 0 bridgehead atoms. The maximum Gasteiger partial charge on any atom is 0.508 e. The predicted molar refractivity (Wildman–Crippen MR) is 43.5 cm³/mol. The normalized spacial score (nSPS) is 24.1. The standard InChI is InChI=1S/C7H7F3O4S/c1-3-5(4(2)13-6(3)11)14-15(12)7(8,9)10/h4H,1-2H3. The van der Waals surface area contributed by atoms with Gasteiger partial charge in [0.15, 0.2) is 11.9 Å². The molecule has 0 saturated heterocycles. The minimum atomic E-state index is -4.97. The number of cyclic esters (lactones) is 1. The van der Waals surface area contributed by atoms with E-state index < -0.39 is 28.7 Å². The number of carbonyl (C=O) groups is 1. The lowest BCUT2D eigenvalue weighted by molar-refractivity contribution is -0.139. The van der Waals surface area contributed by atoms with Crippen LogP contribution in [0.4, 0.5) is 13.2 Å². The first-order chi connectivity index (χ1) is 6.73. The van der Waals surface area contributed by atoms with Crippen molar-refractivity contribution in [3.05, 3.63) is 11.3 Å². The predicted octanol–water partition coefficient (Wildman–Crippen LogP) is 1.41.